The summed E-state index contributed by atoms with van der Waals surface area (Å²) in [6.45, 7) is 5.06. The van der Waals surface area contributed by atoms with Gasteiger partial charge in [0, 0.05) is 0 Å². The largest absolute Gasteiger partial charge is 0.376 e. The molecule has 0 atom stereocenters. The predicted octanol–water partition coefficient (Wildman–Crippen LogP) is 3.34. The van der Waals surface area contributed by atoms with Crippen LogP contribution in [0.4, 0.5) is 0 Å². The van der Waals surface area contributed by atoms with Gasteiger partial charge in [0.05, 0.1) is 13.2 Å². The Balaban J connectivity index is 2.10. The summed E-state index contributed by atoms with van der Waals surface area (Å²) >= 11 is 0. The van der Waals surface area contributed by atoms with E-state index in [1.807, 2.05) is 24.3 Å². The standard InChI is InChI=1S/C13H16O/c1-2-3-4-8-11-14-12-13-9-6-5-7-10-13/h2-7,9-10H,1,8,11-12H2/b4-3-. The van der Waals surface area contributed by atoms with E-state index < -0.39 is 0 Å². The normalized spacial score (nSPS) is 10.6. The molecule has 1 aromatic carbocycles. The molecule has 0 spiro atoms. The third-order valence-corrected chi connectivity index (χ3v) is 1.81. The highest BCUT2D eigenvalue weighted by atomic mass is 16.5. The molecule has 1 rings (SSSR count). The molecule has 0 saturated carbocycles. The Morgan fingerprint density at radius 1 is 1.21 bits per heavy atom. The Kier molecular flexibility index (Phi) is 5.45. The molecule has 0 fully saturated rings. The van der Waals surface area contributed by atoms with Crippen molar-refractivity contribution in [3.05, 3.63) is 60.7 Å². The molecule has 0 saturated heterocycles. The fourth-order valence-corrected chi connectivity index (χ4v) is 1.11. The van der Waals surface area contributed by atoms with Gasteiger partial charge in [-0.15, -0.1) is 0 Å². The molecule has 0 N–H and O–H groups in total. The predicted molar refractivity (Wildman–Crippen MR) is 60.1 cm³/mol. The van der Waals surface area contributed by atoms with Gasteiger partial charge in [-0.1, -0.05) is 55.1 Å². The van der Waals surface area contributed by atoms with Gasteiger partial charge in [-0.05, 0) is 12.0 Å². The van der Waals surface area contributed by atoms with E-state index in [1.54, 1.807) is 6.08 Å². The maximum atomic E-state index is 5.48. The molecule has 14 heavy (non-hydrogen) atoms. The molecular formula is C13H16O. The van der Waals surface area contributed by atoms with Gasteiger partial charge in [-0.25, -0.2) is 0 Å². The Bertz CT molecular complexity index is 275. The van der Waals surface area contributed by atoms with Gasteiger partial charge in [-0.2, -0.15) is 0 Å². The van der Waals surface area contributed by atoms with E-state index in [-0.39, 0.29) is 0 Å². The van der Waals surface area contributed by atoms with E-state index in [9.17, 15) is 0 Å². The minimum atomic E-state index is 0.697. The van der Waals surface area contributed by atoms with Crippen molar-refractivity contribution in [1.82, 2.24) is 0 Å². The fourth-order valence-electron chi connectivity index (χ4n) is 1.11. The van der Waals surface area contributed by atoms with E-state index in [0.29, 0.717) is 6.61 Å². The molecule has 0 aliphatic heterocycles. The number of rotatable bonds is 6. The van der Waals surface area contributed by atoms with E-state index in [2.05, 4.69) is 24.8 Å². The minimum Gasteiger partial charge on any atom is -0.376 e. The first-order chi connectivity index (χ1) is 6.93. The average Bonchev–Trinajstić information content (AvgIpc) is 2.25. The highest BCUT2D eigenvalue weighted by molar-refractivity contribution is 5.13. The lowest BCUT2D eigenvalue weighted by Gasteiger charge is -2.01. The first-order valence-electron chi connectivity index (χ1n) is 4.82. The monoisotopic (exact) mass is 188 g/mol. The van der Waals surface area contributed by atoms with Gasteiger partial charge in [0.25, 0.3) is 0 Å². The average molecular weight is 188 g/mol. The van der Waals surface area contributed by atoms with Gasteiger partial charge in [-0.3, -0.25) is 0 Å². The van der Waals surface area contributed by atoms with Crippen LogP contribution < -0.4 is 0 Å². The molecule has 0 unspecified atom stereocenters. The summed E-state index contributed by atoms with van der Waals surface area (Å²) in [6, 6.07) is 10.2. The molecule has 0 aliphatic carbocycles. The summed E-state index contributed by atoms with van der Waals surface area (Å²) in [5.41, 5.74) is 1.22. The maximum absolute atomic E-state index is 5.48. The Labute approximate surface area is 85.7 Å². The van der Waals surface area contributed by atoms with E-state index in [1.165, 1.54) is 5.56 Å². The van der Waals surface area contributed by atoms with Crippen LogP contribution in [-0.2, 0) is 11.3 Å². The van der Waals surface area contributed by atoms with Crippen LogP contribution in [0, 0.1) is 0 Å². The Hall–Kier alpha value is -1.34. The fraction of sp³-hybridized carbons (Fsp3) is 0.231. The van der Waals surface area contributed by atoms with Crippen molar-refractivity contribution in [2.45, 2.75) is 13.0 Å². The first kappa shape index (κ1) is 10.7. The summed E-state index contributed by atoms with van der Waals surface area (Å²) in [5.74, 6) is 0. The zero-order valence-corrected chi connectivity index (χ0v) is 8.36. The van der Waals surface area contributed by atoms with Crippen molar-refractivity contribution in [3.8, 4) is 0 Å². The maximum Gasteiger partial charge on any atom is 0.0717 e. The topological polar surface area (TPSA) is 9.23 Å². The minimum absolute atomic E-state index is 0.697. The summed E-state index contributed by atoms with van der Waals surface area (Å²) in [6.07, 6.45) is 6.71. The van der Waals surface area contributed by atoms with Crippen LogP contribution in [-0.4, -0.2) is 6.61 Å². The first-order valence-corrected chi connectivity index (χ1v) is 4.82. The number of benzene rings is 1. The smallest absolute Gasteiger partial charge is 0.0717 e. The molecule has 0 aliphatic rings. The van der Waals surface area contributed by atoms with E-state index >= 15 is 0 Å². The van der Waals surface area contributed by atoms with Crippen molar-refractivity contribution in [2.75, 3.05) is 6.61 Å². The van der Waals surface area contributed by atoms with Gasteiger partial charge < -0.3 is 4.74 Å². The number of hydrogen-bond donors (Lipinski definition) is 0. The zero-order chi connectivity index (χ0) is 10.1. The van der Waals surface area contributed by atoms with Crippen molar-refractivity contribution in [1.29, 1.82) is 0 Å². The molecule has 1 heteroatoms. The molecule has 0 aromatic heterocycles. The lowest BCUT2D eigenvalue weighted by Crippen LogP contribution is -1.93. The lowest BCUT2D eigenvalue weighted by molar-refractivity contribution is 0.125. The molecule has 0 bridgehead atoms. The van der Waals surface area contributed by atoms with Crippen LogP contribution in [0.15, 0.2) is 55.1 Å². The number of allylic oxidation sites excluding steroid dienone is 2. The van der Waals surface area contributed by atoms with E-state index in [0.717, 1.165) is 13.0 Å². The van der Waals surface area contributed by atoms with Gasteiger partial charge in [0.1, 0.15) is 0 Å². The molecule has 74 valence electrons. The van der Waals surface area contributed by atoms with Crippen LogP contribution in [0.5, 0.6) is 0 Å². The van der Waals surface area contributed by atoms with Gasteiger partial charge >= 0.3 is 0 Å². The third kappa shape index (κ3) is 4.63. The molecule has 1 nitrogen and oxygen atoms in total. The zero-order valence-electron chi connectivity index (χ0n) is 8.36. The highest BCUT2D eigenvalue weighted by Crippen LogP contribution is 2.00. The summed E-state index contributed by atoms with van der Waals surface area (Å²) < 4.78 is 5.48. The lowest BCUT2D eigenvalue weighted by atomic mass is 10.2. The molecular weight excluding hydrogens is 172 g/mol. The van der Waals surface area contributed by atoms with Gasteiger partial charge in [0.2, 0.25) is 0 Å². The second-order valence-corrected chi connectivity index (χ2v) is 2.99. The van der Waals surface area contributed by atoms with Crippen LogP contribution in [0.1, 0.15) is 12.0 Å². The highest BCUT2D eigenvalue weighted by Gasteiger charge is 1.89. The van der Waals surface area contributed by atoms with Crippen molar-refractivity contribution in [2.24, 2.45) is 0 Å². The van der Waals surface area contributed by atoms with Crippen LogP contribution in [0.25, 0.3) is 0 Å². The van der Waals surface area contributed by atoms with Crippen molar-refractivity contribution < 1.29 is 4.74 Å². The second-order valence-electron chi connectivity index (χ2n) is 2.99. The van der Waals surface area contributed by atoms with Crippen molar-refractivity contribution in [3.63, 3.8) is 0 Å². The van der Waals surface area contributed by atoms with Crippen LogP contribution >= 0.6 is 0 Å². The summed E-state index contributed by atoms with van der Waals surface area (Å²) in [4.78, 5) is 0. The molecule has 0 amide bonds. The number of hydrogen-bond acceptors (Lipinski definition) is 1. The molecule has 1 aromatic rings. The molecule has 0 heterocycles. The summed E-state index contributed by atoms with van der Waals surface area (Å²) in [5, 5.41) is 0. The SMILES string of the molecule is C=C/C=C\CCOCc1ccccc1. The van der Waals surface area contributed by atoms with Gasteiger partial charge in [0.15, 0.2) is 0 Å². The Morgan fingerprint density at radius 2 is 2.00 bits per heavy atom. The van der Waals surface area contributed by atoms with Crippen LogP contribution in [0.3, 0.4) is 0 Å². The second kappa shape index (κ2) is 7.10. The number of ether oxygens (including phenoxy) is 1. The summed E-state index contributed by atoms with van der Waals surface area (Å²) in [7, 11) is 0. The van der Waals surface area contributed by atoms with E-state index in [4.69, 9.17) is 4.74 Å². The third-order valence-electron chi connectivity index (χ3n) is 1.81. The Morgan fingerprint density at radius 3 is 2.71 bits per heavy atom. The quantitative estimate of drug-likeness (QED) is 0.491. The van der Waals surface area contributed by atoms with Crippen molar-refractivity contribution >= 4 is 0 Å². The molecule has 0 radical (unpaired) electrons. The van der Waals surface area contributed by atoms with Crippen LogP contribution in [0.2, 0.25) is 0 Å².